The lowest BCUT2D eigenvalue weighted by Crippen LogP contribution is -2.08. The smallest absolute Gasteiger partial charge is 0.107 e. The van der Waals surface area contributed by atoms with Crippen molar-refractivity contribution in [1.29, 1.82) is 0 Å². The van der Waals surface area contributed by atoms with E-state index in [4.69, 9.17) is 12.2 Å². The third-order valence-corrected chi connectivity index (χ3v) is 3.97. The molecule has 0 saturated heterocycles. The van der Waals surface area contributed by atoms with Gasteiger partial charge in [-0.1, -0.05) is 72.9 Å². The van der Waals surface area contributed by atoms with Gasteiger partial charge in [0.25, 0.3) is 0 Å². The molecule has 1 heterocycles. The SMILES string of the molecule is OCCn1c(-c2ccccc2)cc(-c2ccccc2)cc1=S. The van der Waals surface area contributed by atoms with Crippen molar-refractivity contribution in [2.24, 2.45) is 0 Å². The summed E-state index contributed by atoms with van der Waals surface area (Å²) in [7, 11) is 0. The summed E-state index contributed by atoms with van der Waals surface area (Å²) in [6.07, 6.45) is 0. The van der Waals surface area contributed by atoms with Crippen LogP contribution in [0.4, 0.5) is 0 Å². The van der Waals surface area contributed by atoms with Crippen LogP contribution in [0.15, 0.2) is 72.8 Å². The predicted molar refractivity (Wildman–Crippen MR) is 93.2 cm³/mol. The predicted octanol–water partition coefficient (Wildman–Crippen LogP) is 4.54. The van der Waals surface area contributed by atoms with Crippen LogP contribution in [0.2, 0.25) is 0 Å². The maximum Gasteiger partial charge on any atom is 0.107 e. The van der Waals surface area contributed by atoms with Gasteiger partial charge in [-0.15, -0.1) is 0 Å². The molecule has 2 aromatic carbocycles. The Morgan fingerprint density at radius 2 is 1.36 bits per heavy atom. The largest absolute Gasteiger partial charge is 0.395 e. The molecular weight excluding hydrogens is 290 g/mol. The van der Waals surface area contributed by atoms with Crippen molar-refractivity contribution in [1.82, 2.24) is 4.57 Å². The van der Waals surface area contributed by atoms with Gasteiger partial charge in [-0.3, -0.25) is 0 Å². The zero-order valence-corrected chi connectivity index (χ0v) is 13.0. The molecule has 0 fully saturated rings. The summed E-state index contributed by atoms with van der Waals surface area (Å²) in [5, 5.41) is 9.33. The van der Waals surface area contributed by atoms with Gasteiger partial charge in [0.2, 0.25) is 0 Å². The number of hydrogen-bond donors (Lipinski definition) is 1. The molecule has 0 saturated carbocycles. The van der Waals surface area contributed by atoms with Gasteiger partial charge in [-0.25, -0.2) is 0 Å². The lowest BCUT2D eigenvalue weighted by Gasteiger charge is -2.15. The Balaban J connectivity index is 2.21. The first-order valence-electron chi connectivity index (χ1n) is 7.26. The van der Waals surface area contributed by atoms with Gasteiger partial charge in [-0.2, -0.15) is 0 Å². The molecule has 0 aliphatic carbocycles. The van der Waals surface area contributed by atoms with E-state index in [2.05, 4.69) is 30.3 Å². The van der Waals surface area contributed by atoms with Gasteiger partial charge in [-0.05, 0) is 28.8 Å². The molecule has 1 aromatic heterocycles. The molecule has 3 aromatic rings. The second-order valence-corrected chi connectivity index (χ2v) is 5.49. The molecule has 0 aliphatic heterocycles. The summed E-state index contributed by atoms with van der Waals surface area (Å²) in [6.45, 7) is 0.566. The standard InChI is InChI=1S/C19H17NOS/c21-12-11-20-18(16-9-5-2-6-10-16)13-17(14-19(20)22)15-7-3-1-4-8-15/h1-10,13-14,21H,11-12H2. The summed E-state index contributed by atoms with van der Waals surface area (Å²) in [6, 6.07) is 24.5. The van der Waals surface area contributed by atoms with Crippen LogP contribution in [0.5, 0.6) is 0 Å². The van der Waals surface area contributed by atoms with Crippen molar-refractivity contribution in [3.8, 4) is 22.4 Å². The number of aliphatic hydroxyl groups excluding tert-OH is 1. The van der Waals surface area contributed by atoms with Crippen LogP contribution >= 0.6 is 12.2 Å². The van der Waals surface area contributed by atoms with Crippen LogP contribution in [0.3, 0.4) is 0 Å². The fourth-order valence-electron chi connectivity index (χ4n) is 2.57. The molecule has 0 atom stereocenters. The average Bonchev–Trinajstić information content (AvgIpc) is 2.58. The summed E-state index contributed by atoms with van der Waals surface area (Å²) < 4.78 is 2.71. The first-order valence-corrected chi connectivity index (χ1v) is 7.67. The number of aromatic nitrogens is 1. The molecule has 110 valence electrons. The number of rotatable bonds is 4. The number of aliphatic hydroxyl groups is 1. The minimum atomic E-state index is 0.0683. The molecule has 0 unspecified atom stereocenters. The third-order valence-electron chi connectivity index (χ3n) is 3.63. The Morgan fingerprint density at radius 1 is 0.773 bits per heavy atom. The third kappa shape index (κ3) is 3.01. The van der Waals surface area contributed by atoms with Gasteiger partial charge in [0.05, 0.1) is 6.61 Å². The highest BCUT2D eigenvalue weighted by Gasteiger charge is 2.08. The molecule has 3 heteroatoms. The van der Waals surface area contributed by atoms with Crippen LogP contribution in [0.1, 0.15) is 0 Å². The average molecular weight is 307 g/mol. The molecule has 0 amide bonds. The maximum atomic E-state index is 9.33. The molecule has 0 aliphatic rings. The number of nitrogens with zero attached hydrogens (tertiary/aromatic N) is 1. The Morgan fingerprint density at radius 3 is 1.95 bits per heavy atom. The van der Waals surface area contributed by atoms with E-state index >= 15 is 0 Å². The van der Waals surface area contributed by atoms with Gasteiger partial charge in [0.1, 0.15) is 4.64 Å². The maximum absolute atomic E-state index is 9.33. The summed E-state index contributed by atoms with van der Waals surface area (Å²) in [5.41, 5.74) is 4.36. The van der Waals surface area contributed by atoms with E-state index in [0.717, 1.165) is 27.0 Å². The first-order chi connectivity index (χ1) is 10.8. The number of pyridine rings is 1. The Labute approximate surface area is 135 Å². The molecule has 22 heavy (non-hydrogen) atoms. The van der Waals surface area contributed by atoms with E-state index in [0.29, 0.717) is 6.54 Å². The topological polar surface area (TPSA) is 25.2 Å². The second-order valence-electron chi connectivity index (χ2n) is 5.07. The van der Waals surface area contributed by atoms with Crippen LogP contribution in [-0.2, 0) is 6.54 Å². The van der Waals surface area contributed by atoms with E-state index in [1.54, 1.807) is 0 Å². The van der Waals surface area contributed by atoms with Gasteiger partial charge < -0.3 is 9.67 Å². The van der Waals surface area contributed by atoms with Crippen molar-refractivity contribution in [3.63, 3.8) is 0 Å². The van der Waals surface area contributed by atoms with Gasteiger partial charge in [0, 0.05) is 12.2 Å². The molecule has 0 bridgehead atoms. The molecule has 2 nitrogen and oxygen atoms in total. The zero-order valence-electron chi connectivity index (χ0n) is 12.1. The fourth-order valence-corrected chi connectivity index (χ4v) is 2.89. The molecule has 0 spiro atoms. The minimum Gasteiger partial charge on any atom is -0.395 e. The highest BCUT2D eigenvalue weighted by atomic mass is 32.1. The number of hydrogen-bond acceptors (Lipinski definition) is 2. The van der Waals surface area contributed by atoms with Crippen LogP contribution in [0.25, 0.3) is 22.4 Å². The zero-order chi connectivity index (χ0) is 15.4. The van der Waals surface area contributed by atoms with Crippen LogP contribution < -0.4 is 0 Å². The van der Waals surface area contributed by atoms with Crippen molar-refractivity contribution in [3.05, 3.63) is 77.4 Å². The summed E-state index contributed by atoms with van der Waals surface area (Å²) in [5.74, 6) is 0. The van der Waals surface area contributed by atoms with E-state index in [9.17, 15) is 5.11 Å². The number of benzene rings is 2. The van der Waals surface area contributed by atoms with E-state index in [-0.39, 0.29) is 6.61 Å². The molecule has 1 N–H and O–H groups in total. The van der Waals surface area contributed by atoms with Crippen LogP contribution in [0, 0.1) is 4.64 Å². The first kappa shape index (κ1) is 14.7. The lowest BCUT2D eigenvalue weighted by molar-refractivity contribution is 0.276. The minimum absolute atomic E-state index is 0.0683. The quantitative estimate of drug-likeness (QED) is 0.716. The summed E-state index contributed by atoms with van der Waals surface area (Å²) in [4.78, 5) is 0. The molecular formula is C19H17NOS. The molecule has 3 rings (SSSR count). The molecule has 0 radical (unpaired) electrons. The summed E-state index contributed by atoms with van der Waals surface area (Å²) >= 11 is 5.54. The van der Waals surface area contributed by atoms with Gasteiger partial charge in [0.15, 0.2) is 0 Å². The van der Waals surface area contributed by atoms with Crippen molar-refractivity contribution in [2.75, 3.05) is 6.61 Å². The Hall–Kier alpha value is -2.23. The lowest BCUT2D eigenvalue weighted by atomic mass is 10.0. The van der Waals surface area contributed by atoms with Crippen molar-refractivity contribution >= 4 is 12.2 Å². The second kappa shape index (κ2) is 6.69. The van der Waals surface area contributed by atoms with Crippen LogP contribution in [-0.4, -0.2) is 16.3 Å². The Bertz CT molecular complexity index is 810. The van der Waals surface area contributed by atoms with E-state index in [1.165, 1.54) is 0 Å². The highest BCUT2D eigenvalue weighted by molar-refractivity contribution is 7.71. The monoisotopic (exact) mass is 307 g/mol. The van der Waals surface area contributed by atoms with Gasteiger partial charge >= 0.3 is 0 Å². The van der Waals surface area contributed by atoms with Crippen molar-refractivity contribution in [2.45, 2.75) is 6.54 Å². The Kier molecular flexibility index (Phi) is 4.47. The normalized spacial score (nSPS) is 10.6. The van der Waals surface area contributed by atoms with E-state index in [1.807, 2.05) is 47.0 Å². The highest BCUT2D eigenvalue weighted by Crippen LogP contribution is 2.27. The van der Waals surface area contributed by atoms with Crippen molar-refractivity contribution < 1.29 is 5.11 Å². The fraction of sp³-hybridized carbons (Fsp3) is 0.105. The van der Waals surface area contributed by atoms with E-state index < -0.39 is 0 Å².